The number of carbonyl (C=O) groups is 1. The molecular weight excluding hydrogens is 387 g/mol. The quantitative estimate of drug-likeness (QED) is 0.759. The maximum absolute atomic E-state index is 12.6. The van der Waals surface area contributed by atoms with Crippen molar-refractivity contribution < 1.29 is 17.9 Å². The van der Waals surface area contributed by atoms with Crippen LogP contribution in [0.25, 0.3) is 0 Å². The largest absolute Gasteiger partial charge is 0.495 e. The number of halogens is 2. The van der Waals surface area contributed by atoms with E-state index < -0.39 is 10.0 Å². The van der Waals surface area contributed by atoms with Gasteiger partial charge in [0, 0.05) is 6.42 Å². The SMILES string of the molecule is CCC(=O)Nc1cc(S(=O)(=O)Nc2ccc(Cl)c(Cl)c2)ccc1OC. The lowest BCUT2D eigenvalue weighted by Crippen LogP contribution is -2.15. The van der Waals surface area contributed by atoms with Crippen molar-refractivity contribution in [1.82, 2.24) is 0 Å². The molecule has 0 aliphatic carbocycles. The Bertz CT molecular complexity index is 901. The molecule has 0 saturated carbocycles. The average Bonchev–Trinajstić information content (AvgIpc) is 2.57. The topological polar surface area (TPSA) is 84.5 Å². The summed E-state index contributed by atoms with van der Waals surface area (Å²) in [6.45, 7) is 1.69. The lowest BCUT2D eigenvalue weighted by molar-refractivity contribution is -0.115. The molecule has 0 aromatic heterocycles. The maximum atomic E-state index is 12.6. The van der Waals surface area contributed by atoms with E-state index in [2.05, 4.69) is 10.0 Å². The average molecular weight is 403 g/mol. The summed E-state index contributed by atoms with van der Waals surface area (Å²) < 4.78 is 32.7. The van der Waals surface area contributed by atoms with Gasteiger partial charge in [0.15, 0.2) is 0 Å². The molecular formula is C16H16Cl2N2O4S. The number of rotatable bonds is 6. The number of ether oxygens (including phenoxy) is 1. The molecule has 2 rings (SSSR count). The zero-order valence-corrected chi connectivity index (χ0v) is 15.8. The Hall–Kier alpha value is -1.96. The van der Waals surface area contributed by atoms with Crippen molar-refractivity contribution in [2.24, 2.45) is 0 Å². The molecule has 0 atom stereocenters. The second-order valence-electron chi connectivity index (χ2n) is 5.00. The number of amides is 1. The molecule has 0 spiro atoms. The van der Waals surface area contributed by atoms with Gasteiger partial charge in [0.1, 0.15) is 5.75 Å². The van der Waals surface area contributed by atoms with Crippen LogP contribution in [-0.4, -0.2) is 21.4 Å². The Kier molecular flexibility index (Phi) is 6.16. The van der Waals surface area contributed by atoms with Gasteiger partial charge in [0.25, 0.3) is 10.0 Å². The summed E-state index contributed by atoms with van der Waals surface area (Å²) in [7, 11) is -2.46. The van der Waals surface area contributed by atoms with Crippen LogP contribution in [0.3, 0.4) is 0 Å². The molecule has 0 radical (unpaired) electrons. The summed E-state index contributed by atoms with van der Waals surface area (Å²) in [5.74, 6) is 0.0978. The van der Waals surface area contributed by atoms with Crippen LogP contribution in [0, 0.1) is 0 Å². The number of hydrogen-bond donors (Lipinski definition) is 2. The van der Waals surface area contributed by atoms with Crippen molar-refractivity contribution in [2.75, 3.05) is 17.1 Å². The van der Waals surface area contributed by atoms with Gasteiger partial charge in [0.05, 0.1) is 33.4 Å². The summed E-state index contributed by atoms with van der Waals surface area (Å²) >= 11 is 11.7. The van der Waals surface area contributed by atoms with E-state index in [1.165, 1.54) is 43.5 Å². The van der Waals surface area contributed by atoms with E-state index in [-0.39, 0.29) is 33.6 Å². The van der Waals surface area contributed by atoms with Gasteiger partial charge in [-0.25, -0.2) is 8.42 Å². The minimum Gasteiger partial charge on any atom is -0.495 e. The molecule has 1 amide bonds. The van der Waals surface area contributed by atoms with Crippen molar-refractivity contribution in [3.8, 4) is 5.75 Å². The van der Waals surface area contributed by atoms with Gasteiger partial charge in [-0.15, -0.1) is 0 Å². The fourth-order valence-corrected chi connectivity index (χ4v) is 3.34. The molecule has 6 nitrogen and oxygen atoms in total. The monoisotopic (exact) mass is 402 g/mol. The van der Waals surface area contributed by atoms with E-state index in [0.717, 1.165) is 0 Å². The molecule has 134 valence electrons. The molecule has 0 fully saturated rings. The van der Waals surface area contributed by atoms with E-state index in [1.54, 1.807) is 6.92 Å². The second-order valence-corrected chi connectivity index (χ2v) is 7.50. The Balaban J connectivity index is 2.36. The van der Waals surface area contributed by atoms with Crippen LogP contribution in [0.4, 0.5) is 11.4 Å². The lowest BCUT2D eigenvalue weighted by atomic mass is 10.3. The Morgan fingerprint density at radius 1 is 1.12 bits per heavy atom. The number of anilines is 2. The van der Waals surface area contributed by atoms with Crippen molar-refractivity contribution >= 4 is 50.5 Å². The first-order valence-electron chi connectivity index (χ1n) is 7.22. The predicted molar refractivity (Wildman–Crippen MR) is 99.2 cm³/mol. The zero-order valence-electron chi connectivity index (χ0n) is 13.5. The maximum Gasteiger partial charge on any atom is 0.261 e. The highest BCUT2D eigenvalue weighted by atomic mass is 35.5. The van der Waals surface area contributed by atoms with Crippen LogP contribution >= 0.6 is 23.2 Å². The standard InChI is InChI=1S/C16H16Cl2N2O4S/c1-3-16(21)19-14-9-11(5-7-15(14)24-2)25(22,23)20-10-4-6-12(17)13(18)8-10/h4-9,20H,3H2,1-2H3,(H,19,21). The highest BCUT2D eigenvalue weighted by Crippen LogP contribution is 2.30. The van der Waals surface area contributed by atoms with E-state index >= 15 is 0 Å². The minimum atomic E-state index is -3.89. The smallest absolute Gasteiger partial charge is 0.261 e. The van der Waals surface area contributed by atoms with Crippen molar-refractivity contribution in [2.45, 2.75) is 18.2 Å². The van der Waals surface area contributed by atoms with E-state index in [9.17, 15) is 13.2 Å². The third-order valence-corrected chi connectivity index (χ3v) is 5.37. The van der Waals surface area contributed by atoms with Gasteiger partial charge < -0.3 is 10.1 Å². The molecule has 2 aromatic rings. The Morgan fingerprint density at radius 3 is 2.44 bits per heavy atom. The molecule has 25 heavy (non-hydrogen) atoms. The molecule has 2 aromatic carbocycles. The van der Waals surface area contributed by atoms with Crippen LogP contribution in [0.5, 0.6) is 5.75 Å². The van der Waals surface area contributed by atoms with Gasteiger partial charge in [0.2, 0.25) is 5.91 Å². The van der Waals surface area contributed by atoms with Gasteiger partial charge >= 0.3 is 0 Å². The van der Waals surface area contributed by atoms with Gasteiger partial charge in [-0.2, -0.15) is 0 Å². The lowest BCUT2D eigenvalue weighted by Gasteiger charge is -2.13. The molecule has 2 N–H and O–H groups in total. The Morgan fingerprint density at radius 2 is 1.84 bits per heavy atom. The summed E-state index contributed by atoms with van der Waals surface area (Å²) in [6, 6.07) is 8.56. The van der Waals surface area contributed by atoms with Crippen molar-refractivity contribution in [1.29, 1.82) is 0 Å². The second kappa shape index (κ2) is 7.95. The van der Waals surface area contributed by atoms with E-state index in [4.69, 9.17) is 27.9 Å². The predicted octanol–water partition coefficient (Wildman–Crippen LogP) is 4.15. The molecule has 0 unspecified atom stereocenters. The van der Waals surface area contributed by atoms with Crippen molar-refractivity contribution in [3.05, 3.63) is 46.4 Å². The molecule has 0 aliphatic heterocycles. The highest BCUT2D eigenvalue weighted by molar-refractivity contribution is 7.92. The summed E-state index contributed by atoms with van der Waals surface area (Å²) in [6.07, 6.45) is 0.252. The van der Waals surface area contributed by atoms with Crippen molar-refractivity contribution in [3.63, 3.8) is 0 Å². The first-order chi connectivity index (χ1) is 11.8. The minimum absolute atomic E-state index is 0.0363. The first-order valence-corrected chi connectivity index (χ1v) is 9.46. The normalized spacial score (nSPS) is 11.0. The molecule has 0 heterocycles. The fraction of sp³-hybridized carbons (Fsp3) is 0.188. The summed E-state index contributed by atoms with van der Waals surface area (Å²) in [4.78, 5) is 11.6. The highest BCUT2D eigenvalue weighted by Gasteiger charge is 2.18. The number of hydrogen-bond acceptors (Lipinski definition) is 4. The van der Waals surface area contributed by atoms with Crippen LogP contribution < -0.4 is 14.8 Å². The van der Waals surface area contributed by atoms with E-state index in [1.807, 2.05) is 0 Å². The zero-order chi connectivity index (χ0) is 18.6. The number of sulfonamides is 1. The van der Waals surface area contributed by atoms with Gasteiger partial charge in [-0.1, -0.05) is 30.1 Å². The van der Waals surface area contributed by atoms with Gasteiger partial charge in [-0.3, -0.25) is 9.52 Å². The summed E-state index contributed by atoms with van der Waals surface area (Å²) in [5, 5.41) is 3.16. The third-order valence-electron chi connectivity index (χ3n) is 3.25. The summed E-state index contributed by atoms with van der Waals surface area (Å²) in [5.41, 5.74) is 0.538. The first kappa shape index (κ1) is 19.4. The Labute approximate surface area is 156 Å². The van der Waals surface area contributed by atoms with Crippen LogP contribution in [0.2, 0.25) is 10.0 Å². The molecule has 0 bridgehead atoms. The van der Waals surface area contributed by atoms with Crippen LogP contribution in [0.1, 0.15) is 13.3 Å². The molecule has 0 saturated heterocycles. The number of nitrogens with one attached hydrogen (secondary N) is 2. The number of methoxy groups -OCH3 is 1. The molecule has 0 aliphatic rings. The van der Waals surface area contributed by atoms with Crippen LogP contribution in [0.15, 0.2) is 41.3 Å². The fourth-order valence-electron chi connectivity index (χ4n) is 1.96. The van der Waals surface area contributed by atoms with Gasteiger partial charge in [-0.05, 0) is 36.4 Å². The number of carbonyl (C=O) groups excluding carboxylic acids is 1. The number of benzene rings is 2. The van der Waals surface area contributed by atoms with Crippen LogP contribution in [-0.2, 0) is 14.8 Å². The third kappa shape index (κ3) is 4.78. The molecule has 9 heteroatoms. The van der Waals surface area contributed by atoms with E-state index in [0.29, 0.717) is 10.8 Å².